The Morgan fingerprint density at radius 2 is 1.89 bits per heavy atom. The van der Waals surface area contributed by atoms with Gasteiger partial charge in [0.25, 0.3) is 0 Å². The highest BCUT2D eigenvalue weighted by molar-refractivity contribution is 5.51. The van der Waals surface area contributed by atoms with Crippen LogP contribution in [0.3, 0.4) is 0 Å². The molecule has 0 radical (unpaired) electrons. The van der Waals surface area contributed by atoms with Crippen LogP contribution in [0.1, 0.15) is 11.4 Å². The van der Waals surface area contributed by atoms with E-state index in [1.807, 2.05) is 0 Å². The number of nitrogens with zero attached hydrogens (tertiary/aromatic N) is 3. The second-order valence-electron chi connectivity index (χ2n) is 3.80. The number of benzene rings is 1. The zero-order valence-corrected chi connectivity index (χ0v) is 9.77. The number of rotatable bonds is 2. The lowest BCUT2D eigenvalue weighted by atomic mass is 10.3. The summed E-state index contributed by atoms with van der Waals surface area (Å²) < 4.78 is 38.8. The van der Waals surface area contributed by atoms with Crippen molar-refractivity contribution < 1.29 is 18.0 Å². The van der Waals surface area contributed by atoms with Crippen LogP contribution < -0.4 is 0 Å². The first-order chi connectivity index (χ1) is 8.91. The number of alkyl halides is 3. The Balaban J connectivity index is 2.42. The lowest BCUT2D eigenvalue weighted by molar-refractivity contribution is -0.141. The van der Waals surface area contributed by atoms with Gasteiger partial charge in [-0.15, -0.1) is 0 Å². The Kier molecular flexibility index (Phi) is 3.23. The van der Waals surface area contributed by atoms with E-state index in [-0.39, 0.29) is 0 Å². The lowest BCUT2D eigenvalue weighted by Crippen LogP contribution is -2.07. The van der Waals surface area contributed by atoms with Gasteiger partial charge < -0.3 is 0 Å². The van der Waals surface area contributed by atoms with Crippen LogP contribution in [0.15, 0.2) is 35.3 Å². The number of halogens is 3. The van der Waals surface area contributed by atoms with Crippen LogP contribution in [0, 0.1) is 6.92 Å². The Labute approximate surface area is 106 Å². The Morgan fingerprint density at radius 1 is 1.26 bits per heavy atom. The number of isocyanates is 1. The SMILES string of the molecule is Cc1cc(C(F)(F)F)nn1-c1ccc(N=C=O)cc1. The zero-order valence-electron chi connectivity index (χ0n) is 9.77. The summed E-state index contributed by atoms with van der Waals surface area (Å²) >= 11 is 0. The van der Waals surface area contributed by atoms with E-state index in [2.05, 4.69) is 10.1 Å². The molecule has 98 valence electrons. The first-order valence-electron chi connectivity index (χ1n) is 5.24. The normalized spacial score (nSPS) is 11.2. The van der Waals surface area contributed by atoms with E-state index in [0.29, 0.717) is 17.1 Å². The van der Waals surface area contributed by atoms with Gasteiger partial charge in [0.2, 0.25) is 6.08 Å². The van der Waals surface area contributed by atoms with Crippen molar-refractivity contribution in [3.8, 4) is 5.69 Å². The number of aliphatic imine (C=N–C) groups is 1. The molecule has 0 aliphatic carbocycles. The standard InChI is InChI=1S/C12H8F3N3O/c1-8-6-11(12(13,14)15)17-18(8)10-4-2-9(3-5-10)16-7-19/h2-6H,1H3. The van der Waals surface area contributed by atoms with Crippen molar-refractivity contribution in [3.63, 3.8) is 0 Å². The predicted molar refractivity (Wildman–Crippen MR) is 61.1 cm³/mol. The molecular weight excluding hydrogens is 259 g/mol. The summed E-state index contributed by atoms with van der Waals surface area (Å²) in [6.45, 7) is 1.53. The van der Waals surface area contributed by atoms with Crippen LogP contribution >= 0.6 is 0 Å². The third-order valence-corrected chi connectivity index (χ3v) is 2.45. The average molecular weight is 267 g/mol. The fourth-order valence-electron chi connectivity index (χ4n) is 1.60. The van der Waals surface area contributed by atoms with Crippen LogP contribution in [0.2, 0.25) is 0 Å². The number of hydrogen-bond acceptors (Lipinski definition) is 3. The van der Waals surface area contributed by atoms with Gasteiger partial charge >= 0.3 is 6.18 Å². The maximum atomic E-state index is 12.5. The molecule has 7 heteroatoms. The third-order valence-electron chi connectivity index (χ3n) is 2.45. The molecule has 2 rings (SSSR count). The molecule has 19 heavy (non-hydrogen) atoms. The minimum absolute atomic E-state index is 0.360. The van der Waals surface area contributed by atoms with E-state index < -0.39 is 11.9 Å². The molecule has 0 amide bonds. The molecule has 0 bridgehead atoms. The van der Waals surface area contributed by atoms with Crippen molar-refractivity contribution >= 4 is 11.8 Å². The van der Waals surface area contributed by atoms with Crippen molar-refractivity contribution in [2.24, 2.45) is 4.99 Å². The van der Waals surface area contributed by atoms with E-state index in [4.69, 9.17) is 0 Å². The summed E-state index contributed by atoms with van der Waals surface area (Å²) in [5.74, 6) is 0. The summed E-state index contributed by atoms with van der Waals surface area (Å²) in [6.07, 6.45) is -3.09. The molecule has 0 unspecified atom stereocenters. The molecule has 0 saturated carbocycles. The first-order valence-corrected chi connectivity index (χ1v) is 5.24. The summed E-state index contributed by atoms with van der Waals surface area (Å²) in [5.41, 5.74) is 0.247. The van der Waals surface area contributed by atoms with Crippen LogP contribution in [0.5, 0.6) is 0 Å². The van der Waals surface area contributed by atoms with E-state index in [0.717, 1.165) is 6.07 Å². The van der Waals surface area contributed by atoms with Gasteiger partial charge in [-0.3, -0.25) is 0 Å². The topological polar surface area (TPSA) is 47.2 Å². The van der Waals surface area contributed by atoms with Crippen LogP contribution in [0.25, 0.3) is 5.69 Å². The number of hydrogen-bond donors (Lipinski definition) is 0. The van der Waals surface area contributed by atoms with Crippen LogP contribution in [0.4, 0.5) is 18.9 Å². The molecule has 0 aliphatic rings. The molecule has 0 aliphatic heterocycles. The molecule has 4 nitrogen and oxygen atoms in total. The van der Waals surface area contributed by atoms with Gasteiger partial charge in [-0.05, 0) is 37.3 Å². The fraction of sp³-hybridized carbons (Fsp3) is 0.167. The van der Waals surface area contributed by atoms with Gasteiger partial charge in [-0.1, -0.05) is 0 Å². The van der Waals surface area contributed by atoms with Gasteiger partial charge in [0, 0.05) is 5.69 Å². The minimum Gasteiger partial charge on any atom is -0.238 e. The molecule has 1 heterocycles. The largest absolute Gasteiger partial charge is 0.435 e. The van der Waals surface area contributed by atoms with Gasteiger partial charge in [0.1, 0.15) is 0 Å². The molecule has 1 aromatic heterocycles. The van der Waals surface area contributed by atoms with Gasteiger partial charge in [0.15, 0.2) is 5.69 Å². The maximum Gasteiger partial charge on any atom is 0.435 e. The first kappa shape index (κ1) is 13.0. The average Bonchev–Trinajstić information content (AvgIpc) is 2.73. The van der Waals surface area contributed by atoms with Crippen molar-refractivity contribution in [3.05, 3.63) is 41.7 Å². The fourth-order valence-corrected chi connectivity index (χ4v) is 1.60. The number of carbonyl (C=O) groups excluding carboxylic acids is 1. The summed E-state index contributed by atoms with van der Waals surface area (Å²) in [5, 5.41) is 3.51. The van der Waals surface area contributed by atoms with Gasteiger partial charge in [0.05, 0.1) is 11.4 Å². The van der Waals surface area contributed by atoms with Crippen LogP contribution in [-0.4, -0.2) is 15.9 Å². The van der Waals surface area contributed by atoms with Crippen LogP contribution in [-0.2, 0) is 11.0 Å². The highest BCUT2D eigenvalue weighted by Gasteiger charge is 2.34. The second kappa shape index (κ2) is 4.70. The highest BCUT2D eigenvalue weighted by Crippen LogP contribution is 2.29. The summed E-state index contributed by atoms with van der Waals surface area (Å²) in [6, 6.07) is 7.01. The summed E-state index contributed by atoms with van der Waals surface area (Å²) in [7, 11) is 0. The Morgan fingerprint density at radius 3 is 2.37 bits per heavy atom. The van der Waals surface area contributed by atoms with E-state index in [9.17, 15) is 18.0 Å². The molecule has 0 spiro atoms. The van der Waals surface area contributed by atoms with Gasteiger partial charge in [-0.2, -0.15) is 23.3 Å². The molecular formula is C12H8F3N3O. The third kappa shape index (κ3) is 2.71. The number of aromatic nitrogens is 2. The van der Waals surface area contributed by atoms with Gasteiger partial charge in [-0.25, -0.2) is 9.48 Å². The lowest BCUT2D eigenvalue weighted by Gasteiger charge is -2.04. The molecule has 0 N–H and O–H groups in total. The van der Waals surface area contributed by atoms with Crippen molar-refractivity contribution in [2.75, 3.05) is 0 Å². The predicted octanol–water partition coefficient (Wildman–Crippen LogP) is 3.17. The quantitative estimate of drug-likeness (QED) is 0.619. The van der Waals surface area contributed by atoms with Crippen molar-refractivity contribution in [2.45, 2.75) is 13.1 Å². The highest BCUT2D eigenvalue weighted by atomic mass is 19.4. The van der Waals surface area contributed by atoms with Crippen molar-refractivity contribution in [1.29, 1.82) is 0 Å². The second-order valence-corrected chi connectivity index (χ2v) is 3.80. The molecule has 0 fully saturated rings. The van der Waals surface area contributed by atoms with E-state index in [1.54, 1.807) is 0 Å². The maximum absolute atomic E-state index is 12.5. The molecule has 1 aromatic carbocycles. The molecule has 2 aromatic rings. The summed E-state index contributed by atoms with van der Waals surface area (Å²) in [4.78, 5) is 13.5. The monoisotopic (exact) mass is 267 g/mol. The van der Waals surface area contributed by atoms with E-state index in [1.165, 1.54) is 42.0 Å². The van der Waals surface area contributed by atoms with E-state index >= 15 is 0 Å². The zero-order chi connectivity index (χ0) is 14.0. The molecule has 0 atom stereocenters. The minimum atomic E-state index is -4.47. The Bertz CT molecular complexity index is 637. The smallest absolute Gasteiger partial charge is 0.238 e. The number of aryl methyl sites for hydroxylation is 1. The van der Waals surface area contributed by atoms with Crippen molar-refractivity contribution in [1.82, 2.24) is 9.78 Å². The molecule has 0 saturated heterocycles. The Hall–Kier alpha value is -2.40.